The van der Waals surface area contributed by atoms with Crippen molar-refractivity contribution in [1.82, 2.24) is 20.4 Å². The van der Waals surface area contributed by atoms with E-state index in [4.69, 9.17) is 5.84 Å². The van der Waals surface area contributed by atoms with E-state index in [0.29, 0.717) is 5.69 Å². The molecule has 0 aliphatic rings. The van der Waals surface area contributed by atoms with Crippen LogP contribution in [0.3, 0.4) is 0 Å². The molecule has 1 unspecified atom stereocenters. The molecule has 0 aromatic carbocycles. The monoisotopic (exact) mass is 219 g/mol. The lowest BCUT2D eigenvalue weighted by molar-refractivity contribution is 0.531. The first-order valence-corrected chi connectivity index (χ1v) is 5.98. The van der Waals surface area contributed by atoms with E-state index in [0.717, 1.165) is 6.26 Å². The number of sulfone groups is 1. The highest BCUT2D eigenvalue weighted by Gasteiger charge is 2.19. The zero-order valence-corrected chi connectivity index (χ0v) is 8.82. The molecule has 14 heavy (non-hydrogen) atoms. The van der Waals surface area contributed by atoms with Gasteiger partial charge in [-0.05, 0) is 0 Å². The van der Waals surface area contributed by atoms with Crippen LogP contribution in [-0.4, -0.2) is 35.4 Å². The lowest BCUT2D eigenvalue weighted by Crippen LogP contribution is -2.34. The van der Waals surface area contributed by atoms with Crippen molar-refractivity contribution in [3.8, 4) is 0 Å². The number of aromatic nitrogens is 3. The molecule has 80 valence electrons. The fraction of sp³-hybridized carbons (Fsp3) is 0.667. The highest BCUT2D eigenvalue weighted by Crippen LogP contribution is 2.10. The first-order chi connectivity index (χ1) is 6.44. The summed E-state index contributed by atoms with van der Waals surface area (Å²) in [4.78, 5) is 0. The van der Waals surface area contributed by atoms with Gasteiger partial charge in [-0.25, -0.2) is 8.42 Å². The molecular weight excluding hydrogens is 206 g/mol. The molecule has 1 atom stereocenters. The first kappa shape index (κ1) is 11.1. The second-order valence-electron chi connectivity index (χ2n) is 3.09. The molecule has 0 saturated carbocycles. The first-order valence-electron chi connectivity index (χ1n) is 3.92. The molecule has 1 heterocycles. The van der Waals surface area contributed by atoms with Gasteiger partial charge in [0.05, 0.1) is 23.7 Å². The molecular formula is C6H13N5O2S. The summed E-state index contributed by atoms with van der Waals surface area (Å²) in [7, 11) is -1.41. The summed E-state index contributed by atoms with van der Waals surface area (Å²) in [6.07, 6.45) is 2.64. The number of rotatable bonds is 4. The van der Waals surface area contributed by atoms with Gasteiger partial charge in [-0.1, -0.05) is 5.21 Å². The Bertz CT molecular complexity index is 398. The highest BCUT2D eigenvalue weighted by molar-refractivity contribution is 7.90. The van der Waals surface area contributed by atoms with Crippen molar-refractivity contribution in [2.45, 2.75) is 6.04 Å². The number of hydrogen-bond acceptors (Lipinski definition) is 6. The Labute approximate surface area is 82.2 Å². The molecule has 0 fully saturated rings. The fourth-order valence-corrected chi connectivity index (χ4v) is 2.01. The van der Waals surface area contributed by atoms with Crippen LogP contribution in [-0.2, 0) is 16.9 Å². The lowest BCUT2D eigenvalue weighted by atomic mass is 10.3. The van der Waals surface area contributed by atoms with Crippen LogP contribution in [0.25, 0.3) is 0 Å². The van der Waals surface area contributed by atoms with E-state index in [1.807, 2.05) is 0 Å². The molecule has 0 spiro atoms. The van der Waals surface area contributed by atoms with Crippen LogP contribution < -0.4 is 11.3 Å². The Morgan fingerprint density at radius 1 is 1.71 bits per heavy atom. The molecule has 1 rings (SSSR count). The van der Waals surface area contributed by atoms with Crippen LogP contribution in [0.5, 0.6) is 0 Å². The van der Waals surface area contributed by atoms with Gasteiger partial charge in [0, 0.05) is 13.3 Å². The summed E-state index contributed by atoms with van der Waals surface area (Å²) < 4.78 is 23.6. The van der Waals surface area contributed by atoms with Gasteiger partial charge in [-0.2, -0.15) is 0 Å². The SMILES string of the molecule is Cn1nncc1C(CS(C)(=O)=O)NN. The molecule has 3 N–H and O–H groups in total. The molecule has 0 radical (unpaired) electrons. The van der Waals surface area contributed by atoms with E-state index >= 15 is 0 Å². The van der Waals surface area contributed by atoms with Crippen LogP contribution in [0.2, 0.25) is 0 Å². The van der Waals surface area contributed by atoms with Gasteiger partial charge >= 0.3 is 0 Å². The second kappa shape index (κ2) is 4.03. The largest absolute Gasteiger partial charge is 0.271 e. The summed E-state index contributed by atoms with van der Waals surface area (Å²) in [5.74, 6) is 5.18. The maximum Gasteiger partial charge on any atom is 0.149 e. The van der Waals surface area contributed by atoms with E-state index < -0.39 is 15.9 Å². The van der Waals surface area contributed by atoms with E-state index in [1.165, 1.54) is 10.9 Å². The third-order valence-corrected chi connectivity index (χ3v) is 2.72. The van der Waals surface area contributed by atoms with Crippen molar-refractivity contribution < 1.29 is 8.42 Å². The van der Waals surface area contributed by atoms with Crippen LogP contribution in [0.4, 0.5) is 0 Å². The predicted octanol–water partition coefficient (Wildman–Crippen LogP) is -1.64. The summed E-state index contributed by atoms with van der Waals surface area (Å²) in [6.45, 7) is 0. The molecule has 0 amide bonds. The maximum absolute atomic E-state index is 11.1. The molecule has 8 heteroatoms. The average Bonchev–Trinajstić information content (AvgIpc) is 2.45. The Kier molecular flexibility index (Phi) is 3.19. The maximum atomic E-state index is 11.1. The molecule has 1 aromatic rings. The van der Waals surface area contributed by atoms with Gasteiger partial charge in [0.15, 0.2) is 0 Å². The summed E-state index contributed by atoms with van der Waals surface area (Å²) in [6, 6.07) is -0.481. The van der Waals surface area contributed by atoms with Crippen LogP contribution in [0, 0.1) is 0 Å². The second-order valence-corrected chi connectivity index (χ2v) is 5.28. The molecule has 0 bridgehead atoms. The molecule has 0 aliphatic carbocycles. The minimum absolute atomic E-state index is 0.0787. The van der Waals surface area contributed by atoms with Crippen molar-refractivity contribution >= 4 is 9.84 Å². The van der Waals surface area contributed by atoms with E-state index in [-0.39, 0.29) is 5.75 Å². The Hall–Kier alpha value is -0.990. The fourth-order valence-electron chi connectivity index (χ4n) is 1.13. The number of aryl methyl sites for hydroxylation is 1. The zero-order chi connectivity index (χ0) is 10.8. The molecule has 7 nitrogen and oxygen atoms in total. The van der Waals surface area contributed by atoms with Crippen molar-refractivity contribution in [2.24, 2.45) is 12.9 Å². The minimum atomic E-state index is -3.09. The van der Waals surface area contributed by atoms with Crippen molar-refractivity contribution in [3.63, 3.8) is 0 Å². The molecule has 1 aromatic heterocycles. The van der Waals surface area contributed by atoms with Crippen molar-refractivity contribution in [1.29, 1.82) is 0 Å². The quantitative estimate of drug-likeness (QED) is 0.465. The van der Waals surface area contributed by atoms with Crippen molar-refractivity contribution in [2.75, 3.05) is 12.0 Å². The van der Waals surface area contributed by atoms with E-state index in [2.05, 4.69) is 15.7 Å². The number of hydrazine groups is 1. The van der Waals surface area contributed by atoms with Gasteiger partial charge in [0.25, 0.3) is 0 Å². The summed E-state index contributed by atoms with van der Waals surface area (Å²) in [5, 5.41) is 7.33. The third kappa shape index (κ3) is 2.76. The normalized spacial score (nSPS) is 14.2. The van der Waals surface area contributed by atoms with Crippen LogP contribution >= 0.6 is 0 Å². The third-order valence-electron chi connectivity index (χ3n) is 1.78. The topological polar surface area (TPSA) is 103 Å². The summed E-state index contributed by atoms with van der Waals surface area (Å²) >= 11 is 0. The van der Waals surface area contributed by atoms with E-state index in [9.17, 15) is 8.42 Å². The van der Waals surface area contributed by atoms with Crippen LogP contribution in [0.15, 0.2) is 6.20 Å². The Morgan fingerprint density at radius 2 is 2.36 bits per heavy atom. The number of nitrogens with zero attached hydrogens (tertiary/aromatic N) is 3. The van der Waals surface area contributed by atoms with Gasteiger partial charge in [-0.3, -0.25) is 16.0 Å². The van der Waals surface area contributed by atoms with Gasteiger partial charge < -0.3 is 0 Å². The van der Waals surface area contributed by atoms with Crippen molar-refractivity contribution in [3.05, 3.63) is 11.9 Å². The average molecular weight is 219 g/mol. The Balaban J connectivity index is 2.89. The predicted molar refractivity (Wildman–Crippen MR) is 50.8 cm³/mol. The smallest absolute Gasteiger partial charge is 0.149 e. The van der Waals surface area contributed by atoms with E-state index in [1.54, 1.807) is 7.05 Å². The standard InChI is InChI=1S/C6H13N5O2S/c1-11-6(3-8-10-11)5(9-7)4-14(2,12)13/h3,5,9H,4,7H2,1-2H3. The van der Waals surface area contributed by atoms with Gasteiger partial charge in [0.2, 0.25) is 0 Å². The minimum Gasteiger partial charge on any atom is -0.271 e. The highest BCUT2D eigenvalue weighted by atomic mass is 32.2. The lowest BCUT2D eigenvalue weighted by Gasteiger charge is -2.13. The Morgan fingerprint density at radius 3 is 2.71 bits per heavy atom. The van der Waals surface area contributed by atoms with Crippen LogP contribution in [0.1, 0.15) is 11.7 Å². The number of hydrogen-bond donors (Lipinski definition) is 2. The number of nitrogens with two attached hydrogens (primary N) is 1. The molecule has 0 aliphatic heterocycles. The van der Waals surface area contributed by atoms with Gasteiger partial charge in [-0.15, -0.1) is 5.10 Å². The number of nitrogens with one attached hydrogen (secondary N) is 1. The molecule has 0 saturated heterocycles. The van der Waals surface area contributed by atoms with Gasteiger partial charge in [0.1, 0.15) is 9.84 Å². The summed E-state index contributed by atoms with van der Waals surface area (Å²) in [5.41, 5.74) is 3.06. The zero-order valence-electron chi connectivity index (χ0n) is 8.01.